The zero-order valence-electron chi connectivity index (χ0n) is 22.2. The second-order valence-corrected chi connectivity index (χ2v) is 11.0. The van der Waals surface area contributed by atoms with Crippen molar-refractivity contribution in [2.24, 2.45) is 5.92 Å². The van der Waals surface area contributed by atoms with Gasteiger partial charge in [-0.3, -0.25) is 19.2 Å². The molecule has 0 aliphatic carbocycles. The number of hydrogen-bond acceptors (Lipinski definition) is 7. The number of aromatic nitrogens is 1. The maximum absolute atomic E-state index is 13.2. The quantitative estimate of drug-likeness (QED) is 0.196. The van der Waals surface area contributed by atoms with Crippen LogP contribution >= 0.6 is 11.8 Å². The second kappa shape index (κ2) is 15.2. The number of ether oxygens (including phenoxy) is 1. The van der Waals surface area contributed by atoms with Crippen LogP contribution in [-0.4, -0.2) is 63.4 Å². The van der Waals surface area contributed by atoms with E-state index in [1.165, 1.54) is 14.0 Å². The number of aromatic amines is 1. The van der Waals surface area contributed by atoms with E-state index in [2.05, 4.69) is 20.4 Å². The molecule has 0 saturated carbocycles. The zero-order valence-corrected chi connectivity index (χ0v) is 23.1. The molecule has 0 fully saturated rings. The number of para-hydroxylation sites is 1. The number of hydrogen-bond donors (Lipinski definition) is 4. The molecule has 0 radical (unpaired) electrons. The number of carbonyl (C=O) groups excluding carboxylic acids is 4. The van der Waals surface area contributed by atoms with Crippen LogP contribution in [0.5, 0.6) is 0 Å². The number of aliphatic carboxylic acids is 1. The largest absolute Gasteiger partial charge is 0.480 e. The summed E-state index contributed by atoms with van der Waals surface area (Å²) < 4.78 is 4.62. The van der Waals surface area contributed by atoms with Crippen LogP contribution in [0.3, 0.4) is 0 Å². The molecule has 0 spiro atoms. The number of carboxylic acids is 1. The van der Waals surface area contributed by atoms with Crippen molar-refractivity contribution in [2.75, 3.05) is 7.11 Å². The van der Waals surface area contributed by atoms with Crippen molar-refractivity contribution < 1.29 is 33.8 Å². The Balaban J connectivity index is 2.10. The molecule has 0 aliphatic heterocycles. The first kappa shape index (κ1) is 30.9. The predicted molar refractivity (Wildman–Crippen MR) is 145 cm³/mol. The number of H-pyrrole nitrogens is 1. The van der Waals surface area contributed by atoms with E-state index < -0.39 is 35.1 Å². The van der Waals surface area contributed by atoms with Crippen LogP contribution in [-0.2, 0) is 35.1 Å². The number of carbonyl (C=O) groups is 5. The van der Waals surface area contributed by atoms with E-state index >= 15 is 0 Å². The fourth-order valence-electron chi connectivity index (χ4n) is 4.11. The summed E-state index contributed by atoms with van der Waals surface area (Å²) in [6.45, 7) is 5.14. The Morgan fingerprint density at radius 2 is 1.71 bits per heavy atom. The van der Waals surface area contributed by atoms with Gasteiger partial charge in [0.15, 0.2) is 5.12 Å². The van der Waals surface area contributed by atoms with Gasteiger partial charge in [0.1, 0.15) is 12.1 Å². The van der Waals surface area contributed by atoms with E-state index in [0.29, 0.717) is 19.3 Å². The molecule has 208 valence electrons. The normalized spacial score (nSPS) is 13.5. The van der Waals surface area contributed by atoms with Crippen molar-refractivity contribution in [3.05, 3.63) is 36.0 Å². The van der Waals surface area contributed by atoms with Crippen molar-refractivity contribution in [2.45, 2.75) is 76.6 Å². The molecule has 1 heterocycles. The topological polar surface area (TPSA) is 155 Å². The third-order valence-electron chi connectivity index (χ3n) is 5.98. The van der Waals surface area contributed by atoms with E-state index in [0.717, 1.165) is 28.2 Å². The van der Waals surface area contributed by atoms with E-state index in [1.54, 1.807) is 6.20 Å². The SMILES string of the molecule is COC(=O)CCCCC(SC(C)=O)C(=O)N[C@@H](CC(C)C)C(=O)N[C@@H](Cc1c[nH]c2ccccc12)C(=O)O. The molecule has 1 aromatic heterocycles. The summed E-state index contributed by atoms with van der Waals surface area (Å²) in [5, 5.41) is 15.0. The summed E-state index contributed by atoms with van der Waals surface area (Å²) in [4.78, 5) is 64.6. The molecular weight excluding hydrogens is 510 g/mol. The van der Waals surface area contributed by atoms with Crippen LogP contribution in [0.15, 0.2) is 30.5 Å². The Labute approximate surface area is 226 Å². The van der Waals surface area contributed by atoms with Gasteiger partial charge in [-0.25, -0.2) is 4.79 Å². The molecule has 1 unspecified atom stereocenters. The highest BCUT2D eigenvalue weighted by molar-refractivity contribution is 8.14. The molecule has 0 bridgehead atoms. The van der Waals surface area contributed by atoms with Crippen LogP contribution in [0.2, 0.25) is 0 Å². The van der Waals surface area contributed by atoms with Crippen molar-refractivity contribution in [3.63, 3.8) is 0 Å². The number of carboxylic acid groups (broad SMARTS) is 1. The first-order valence-corrected chi connectivity index (χ1v) is 13.5. The monoisotopic (exact) mass is 547 g/mol. The van der Waals surface area contributed by atoms with Crippen LogP contribution < -0.4 is 10.6 Å². The highest BCUT2D eigenvalue weighted by Crippen LogP contribution is 2.21. The number of rotatable bonds is 15. The number of nitrogens with one attached hydrogen (secondary N) is 3. The number of methoxy groups -OCH3 is 1. The minimum absolute atomic E-state index is 0.0295. The second-order valence-electron chi connectivity index (χ2n) is 9.57. The molecule has 10 nitrogen and oxygen atoms in total. The lowest BCUT2D eigenvalue weighted by molar-refractivity contribution is -0.142. The third kappa shape index (κ3) is 9.85. The van der Waals surface area contributed by atoms with Crippen molar-refractivity contribution in [1.82, 2.24) is 15.6 Å². The lowest BCUT2D eigenvalue weighted by atomic mass is 10.0. The van der Waals surface area contributed by atoms with Gasteiger partial charge < -0.3 is 25.5 Å². The summed E-state index contributed by atoms with van der Waals surface area (Å²) in [5.74, 6) is -2.58. The molecule has 2 rings (SSSR count). The number of amides is 2. The Morgan fingerprint density at radius 3 is 2.34 bits per heavy atom. The third-order valence-corrected chi connectivity index (χ3v) is 7.05. The minimum Gasteiger partial charge on any atom is -0.480 e. The van der Waals surface area contributed by atoms with Crippen LogP contribution in [0, 0.1) is 5.92 Å². The molecule has 0 aliphatic rings. The molecule has 4 N–H and O–H groups in total. The van der Waals surface area contributed by atoms with E-state index in [4.69, 9.17) is 0 Å². The standard InChI is InChI=1S/C27H37N3O7S/c1-16(2)13-21(29-26(34)23(38-17(3)31)11-7-8-12-24(32)37-4)25(33)30-22(27(35)36)14-18-15-28-20-10-6-5-9-19(18)20/h5-6,9-10,15-16,21-23,28H,7-8,11-14H2,1-4H3,(H,29,34)(H,30,33)(H,35,36)/t21-,22-,23?/m0/s1. The number of thioether (sulfide) groups is 1. The van der Waals surface area contributed by atoms with Gasteiger partial charge >= 0.3 is 11.9 Å². The van der Waals surface area contributed by atoms with Gasteiger partial charge in [-0.15, -0.1) is 0 Å². The number of unbranched alkanes of at least 4 members (excludes halogenated alkanes) is 1. The van der Waals surface area contributed by atoms with Gasteiger partial charge in [0, 0.05) is 36.9 Å². The fourth-order valence-corrected chi connectivity index (χ4v) is 4.97. The molecular formula is C27H37N3O7S. The average Bonchev–Trinajstić information content (AvgIpc) is 3.26. The highest BCUT2D eigenvalue weighted by Gasteiger charge is 2.30. The van der Waals surface area contributed by atoms with Gasteiger partial charge in [-0.1, -0.05) is 50.2 Å². The van der Waals surface area contributed by atoms with Gasteiger partial charge in [0.2, 0.25) is 11.8 Å². The molecule has 0 saturated heterocycles. The molecule has 1 aromatic carbocycles. The summed E-state index contributed by atoms with van der Waals surface area (Å²) >= 11 is 0.871. The van der Waals surface area contributed by atoms with Gasteiger partial charge in [0.25, 0.3) is 0 Å². The number of fused-ring (bicyclic) bond motifs is 1. The predicted octanol–water partition coefficient (Wildman–Crippen LogP) is 3.19. The molecule has 2 aromatic rings. The van der Waals surface area contributed by atoms with Gasteiger partial charge in [-0.2, -0.15) is 0 Å². The summed E-state index contributed by atoms with van der Waals surface area (Å²) in [7, 11) is 1.31. The first-order chi connectivity index (χ1) is 18.0. The summed E-state index contributed by atoms with van der Waals surface area (Å²) in [5.41, 5.74) is 1.62. The Bertz CT molecular complexity index is 1130. The fraction of sp³-hybridized carbons (Fsp3) is 0.519. The maximum atomic E-state index is 13.2. The lowest BCUT2D eigenvalue weighted by Crippen LogP contribution is -2.54. The first-order valence-electron chi connectivity index (χ1n) is 12.6. The van der Waals surface area contributed by atoms with Crippen molar-refractivity contribution >= 4 is 51.5 Å². The zero-order chi connectivity index (χ0) is 28.2. The minimum atomic E-state index is -1.20. The van der Waals surface area contributed by atoms with Crippen molar-refractivity contribution in [1.29, 1.82) is 0 Å². The maximum Gasteiger partial charge on any atom is 0.326 e. The smallest absolute Gasteiger partial charge is 0.326 e. The molecule has 11 heteroatoms. The van der Waals surface area contributed by atoms with E-state index in [9.17, 15) is 29.1 Å². The molecule has 2 amide bonds. The summed E-state index contributed by atoms with van der Waals surface area (Å²) in [6, 6.07) is 5.31. The number of esters is 1. The average molecular weight is 548 g/mol. The van der Waals surface area contributed by atoms with Crippen molar-refractivity contribution in [3.8, 4) is 0 Å². The van der Waals surface area contributed by atoms with Crippen LogP contribution in [0.1, 0.15) is 58.4 Å². The van der Waals surface area contributed by atoms with E-state index in [-0.39, 0.29) is 36.3 Å². The van der Waals surface area contributed by atoms with E-state index in [1.807, 2.05) is 38.1 Å². The number of benzene rings is 1. The Hall–Kier alpha value is -3.34. The highest BCUT2D eigenvalue weighted by atomic mass is 32.2. The van der Waals surface area contributed by atoms with Gasteiger partial charge in [0.05, 0.1) is 12.4 Å². The van der Waals surface area contributed by atoms with Gasteiger partial charge in [-0.05, 0) is 36.8 Å². The lowest BCUT2D eigenvalue weighted by Gasteiger charge is -2.24. The molecule has 38 heavy (non-hydrogen) atoms. The van der Waals surface area contributed by atoms with Crippen LogP contribution in [0.25, 0.3) is 10.9 Å². The Kier molecular flexibility index (Phi) is 12.3. The Morgan fingerprint density at radius 1 is 1.03 bits per heavy atom. The molecule has 3 atom stereocenters. The summed E-state index contributed by atoms with van der Waals surface area (Å²) in [6.07, 6.45) is 3.64. The van der Waals surface area contributed by atoms with Crippen LogP contribution in [0.4, 0.5) is 0 Å².